The lowest BCUT2D eigenvalue weighted by molar-refractivity contribution is -0.127. The second kappa shape index (κ2) is 4.82. The van der Waals surface area contributed by atoms with Gasteiger partial charge in [0.05, 0.1) is 24.0 Å². The van der Waals surface area contributed by atoms with E-state index in [0.717, 1.165) is 11.1 Å². The molecule has 0 radical (unpaired) electrons. The van der Waals surface area contributed by atoms with Crippen molar-refractivity contribution in [2.45, 2.75) is 12.1 Å². The van der Waals surface area contributed by atoms with Crippen LogP contribution in [0.5, 0.6) is 5.75 Å². The minimum atomic E-state index is -3.17. The standard InChI is InChI=1S/C13H14N2O4S/c16-13(15-9-5-6-20(17,18)8-9)12-7-14-10-3-1-2-4-11(10)19-12/h1-6,9,12,14H,7-8H2,(H,15,16). The SMILES string of the molecule is O=C(NC1C=CS(=O)(=O)C1)C1CNc2ccccc2O1. The molecule has 6 nitrogen and oxygen atoms in total. The first kappa shape index (κ1) is 13.0. The minimum Gasteiger partial charge on any atom is -0.477 e. The number of fused-ring (bicyclic) bond motifs is 1. The molecular formula is C13H14N2O4S. The molecule has 2 aliphatic rings. The largest absolute Gasteiger partial charge is 0.477 e. The molecule has 106 valence electrons. The number of amides is 1. The van der Waals surface area contributed by atoms with Crippen LogP contribution in [0.25, 0.3) is 0 Å². The Morgan fingerprint density at radius 3 is 2.90 bits per heavy atom. The smallest absolute Gasteiger partial charge is 0.263 e. The fourth-order valence-corrected chi connectivity index (χ4v) is 3.44. The molecule has 0 saturated carbocycles. The Bertz CT molecular complexity index is 669. The maximum absolute atomic E-state index is 12.1. The van der Waals surface area contributed by atoms with Crippen LogP contribution in [0.1, 0.15) is 0 Å². The first-order valence-corrected chi connectivity index (χ1v) is 7.96. The van der Waals surface area contributed by atoms with Crippen molar-refractivity contribution in [2.24, 2.45) is 0 Å². The fourth-order valence-electron chi connectivity index (χ4n) is 2.20. The van der Waals surface area contributed by atoms with Gasteiger partial charge in [0.25, 0.3) is 5.91 Å². The molecular weight excluding hydrogens is 280 g/mol. The molecule has 0 bridgehead atoms. The molecule has 2 aliphatic heterocycles. The number of anilines is 1. The van der Waals surface area contributed by atoms with Crippen LogP contribution < -0.4 is 15.4 Å². The van der Waals surface area contributed by atoms with E-state index in [1.807, 2.05) is 18.2 Å². The average molecular weight is 294 g/mol. The number of carbonyl (C=O) groups is 1. The van der Waals surface area contributed by atoms with Crippen LogP contribution >= 0.6 is 0 Å². The summed E-state index contributed by atoms with van der Waals surface area (Å²) in [7, 11) is -3.17. The number of para-hydroxylation sites is 2. The van der Waals surface area contributed by atoms with E-state index < -0.39 is 22.0 Å². The normalized spacial score (nSPS) is 26.2. The van der Waals surface area contributed by atoms with Gasteiger partial charge in [-0.25, -0.2) is 8.42 Å². The van der Waals surface area contributed by atoms with Gasteiger partial charge in [0.1, 0.15) is 5.75 Å². The minimum absolute atomic E-state index is 0.0878. The van der Waals surface area contributed by atoms with Gasteiger partial charge in [0.15, 0.2) is 15.9 Å². The van der Waals surface area contributed by atoms with Gasteiger partial charge in [-0.2, -0.15) is 0 Å². The number of sulfone groups is 1. The molecule has 0 saturated heterocycles. The Hall–Kier alpha value is -2.02. The highest BCUT2D eigenvalue weighted by molar-refractivity contribution is 7.94. The Morgan fingerprint density at radius 2 is 2.15 bits per heavy atom. The van der Waals surface area contributed by atoms with Crippen molar-refractivity contribution in [3.05, 3.63) is 35.7 Å². The summed E-state index contributed by atoms with van der Waals surface area (Å²) in [5.41, 5.74) is 0.847. The Balaban J connectivity index is 1.64. The van der Waals surface area contributed by atoms with Gasteiger partial charge >= 0.3 is 0 Å². The van der Waals surface area contributed by atoms with Crippen molar-refractivity contribution in [3.8, 4) is 5.75 Å². The van der Waals surface area contributed by atoms with Gasteiger partial charge < -0.3 is 15.4 Å². The highest BCUT2D eigenvalue weighted by Crippen LogP contribution is 2.28. The lowest BCUT2D eigenvalue weighted by atomic mass is 10.2. The Labute approximate surface area is 116 Å². The van der Waals surface area contributed by atoms with Crippen LogP contribution in [0.15, 0.2) is 35.7 Å². The van der Waals surface area contributed by atoms with Crippen molar-refractivity contribution in [2.75, 3.05) is 17.6 Å². The second-order valence-corrected chi connectivity index (χ2v) is 6.69. The molecule has 1 aromatic rings. The molecule has 1 amide bonds. The molecule has 2 atom stereocenters. The van der Waals surface area contributed by atoms with Crippen LogP contribution in [0.3, 0.4) is 0 Å². The molecule has 0 aromatic heterocycles. The number of nitrogens with one attached hydrogen (secondary N) is 2. The molecule has 0 fully saturated rings. The van der Waals surface area contributed by atoms with Gasteiger partial charge in [-0.1, -0.05) is 12.1 Å². The van der Waals surface area contributed by atoms with E-state index in [2.05, 4.69) is 10.6 Å². The van der Waals surface area contributed by atoms with E-state index in [-0.39, 0.29) is 11.7 Å². The highest BCUT2D eigenvalue weighted by atomic mass is 32.2. The maximum atomic E-state index is 12.1. The van der Waals surface area contributed by atoms with Crippen LogP contribution in [-0.2, 0) is 14.6 Å². The number of hydrogen-bond acceptors (Lipinski definition) is 5. The highest BCUT2D eigenvalue weighted by Gasteiger charge is 2.29. The summed E-state index contributed by atoms with van der Waals surface area (Å²) in [6.07, 6.45) is 0.818. The number of ether oxygens (including phenoxy) is 1. The van der Waals surface area contributed by atoms with Crippen LogP contribution in [-0.4, -0.2) is 38.8 Å². The molecule has 3 rings (SSSR count). The number of rotatable bonds is 2. The zero-order chi connectivity index (χ0) is 14.2. The van der Waals surface area contributed by atoms with Crippen molar-refractivity contribution in [1.82, 2.24) is 5.32 Å². The molecule has 7 heteroatoms. The Morgan fingerprint density at radius 1 is 1.35 bits per heavy atom. The summed E-state index contributed by atoms with van der Waals surface area (Å²) in [4.78, 5) is 12.1. The summed E-state index contributed by atoms with van der Waals surface area (Å²) in [5, 5.41) is 6.91. The summed E-state index contributed by atoms with van der Waals surface area (Å²) in [5.74, 6) is 0.211. The molecule has 2 unspecified atom stereocenters. The van der Waals surface area contributed by atoms with E-state index in [1.165, 1.54) is 6.08 Å². The van der Waals surface area contributed by atoms with Gasteiger partial charge in [0.2, 0.25) is 0 Å². The van der Waals surface area contributed by atoms with Crippen LogP contribution in [0.4, 0.5) is 5.69 Å². The van der Waals surface area contributed by atoms with Gasteiger partial charge in [-0.05, 0) is 18.2 Å². The second-order valence-electron chi connectivity index (χ2n) is 4.76. The summed E-state index contributed by atoms with van der Waals surface area (Å²) >= 11 is 0. The molecule has 2 N–H and O–H groups in total. The number of hydrogen-bond donors (Lipinski definition) is 2. The van der Waals surface area contributed by atoms with E-state index in [9.17, 15) is 13.2 Å². The van der Waals surface area contributed by atoms with E-state index in [0.29, 0.717) is 12.3 Å². The number of carbonyl (C=O) groups excluding carboxylic acids is 1. The van der Waals surface area contributed by atoms with E-state index in [4.69, 9.17) is 4.74 Å². The average Bonchev–Trinajstić information content (AvgIpc) is 2.77. The lowest BCUT2D eigenvalue weighted by Crippen LogP contribution is -2.48. The summed E-state index contributed by atoms with van der Waals surface area (Å²) in [6.45, 7) is 0.353. The summed E-state index contributed by atoms with van der Waals surface area (Å²) < 4.78 is 28.2. The summed E-state index contributed by atoms with van der Waals surface area (Å²) in [6, 6.07) is 6.88. The predicted octanol–water partition coefficient (Wildman–Crippen LogP) is 0.286. The third-order valence-corrected chi connectivity index (χ3v) is 4.58. The van der Waals surface area contributed by atoms with Crippen molar-refractivity contribution in [1.29, 1.82) is 0 Å². The van der Waals surface area contributed by atoms with Crippen LogP contribution in [0, 0.1) is 0 Å². The topological polar surface area (TPSA) is 84.5 Å². The van der Waals surface area contributed by atoms with Crippen LogP contribution in [0.2, 0.25) is 0 Å². The van der Waals surface area contributed by atoms with Gasteiger partial charge in [-0.3, -0.25) is 4.79 Å². The lowest BCUT2D eigenvalue weighted by Gasteiger charge is -2.27. The van der Waals surface area contributed by atoms with Crippen molar-refractivity contribution in [3.63, 3.8) is 0 Å². The fraction of sp³-hybridized carbons (Fsp3) is 0.308. The molecule has 1 aromatic carbocycles. The monoisotopic (exact) mass is 294 g/mol. The maximum Gasteiger partial charge on any atom is 0.263 e. The first-order chi connectivity index (χ1) is 9.53. The Kier molecular flexibility index (Phi) is 3.13. The van der Waals surface area contributed by atoms with E-state index in [1.54, 1.807) is 6.07 Å². The molecule has 0 aliphatic carbocycles. The number of benzene rings is 1. The van der Waals surface area contributed by atoms with Gasteiger partial charge in [-0.15, -0.1) is 0 Å². The first-order valence-electron chi connectivity index (χ1n) is 6.24. The third kappa shape index (κ3) is 2.62. The quantitative estimate of drug-likeness (QED) is 0.819. The molecule has 0 spiro atoms. The zero-order valence-electron chi connectivity index (χ0n) is 10.6. The predicted molar refractivity (Wildman–Crippen MR) is 74.2 cm³/mol. The van der Waals surface area contributed by atoms with Crippen molar-refractivity contribution < 1.29 is 17.9 Å². The van der Waals surface area contributed by atoms with Crippen molar-refractivity contribution >= 4 is 21.4 Å². The van der Waals surface area contributed by atoms with E-state index >= 15 is 0 Å². The zero-order valence-corrected chi connectivity index (χ0v) is 11.4. The molecule has 2 heterocycles. The third-order valence-electron chi connectivity index (χ3n) is 3.18. The van der Waals surface area contributed by atoms with Gasteiger partial charge in [0, 0.05) is 5.41 Å². The molecule has 20 heavy (non-hydrogen) atoms.